The molecule has 0 fully saturated rings. The number of carbonyl (C=O) groups is 9. The fraction of sp³-hybridized carbons (Fsp3) is 0.556. The summed E-state index contributed by atoms with van der Waals surface area (Å²) >= 11 is 0. The zero-order valence-electron chi connectivity index (χ0n) is 50.7. The second-order valence-corrected chi connectivity index (χ2v) is 19.7. The molecular formula is C54H91N5O23Si2. The first kappa shape index (κ1) is 85.4. The van der Waals surface area contributed by atoms with Crippen molar-refractivity contribution < 1.29 is 108 Å². The molecule has 0 bridgehead atoms. The monoisotopic (exact) mass is 1230 g/mol. The van der Waals surface area contributed by atoms with Crippen LogP contribution in [0.4, 0.5) is 19.2 Å². The summed E-state index contributed by atoms with van der Waals surface area (Å²) in [5, 5.41) is 12.6. The van der Waals surface area contributed by atoms with Crippen molar-refractivity contribution in [2.45, 2.75) is 81.7 Å². The number of hydrogen-bond donors (Lipinski definition) is 3. The molecule has 0 rings (SSSR count). The van der Waals surface area contributed by atoms with E-state index >= 15 is 0 Å². The SMILES string of the molecule is C=C(C)C(=O)OCCN=C=O.C=C(C)C(=O)OCCNC(=O)N(CCOC(=O)C(=C)C)C(=O)OCCC[Si](OCC)(OCC)OCC.C=CCO.C=CCOC(=O)N(CCOC(=O)C(=C)C)C(=O)NCCOC(=O)C(=C)C.CCO[SiH2]OCC. The van der Waals surface area contributed by atoms with Crippen LogP contribution in [0.25, 0.3) is 0 Å². The molecule has 30 heteroatoms. The predicted molar refractivity (Wildman–Crippen MR) is 314 cm³/mol. The predicted octanol–water partition coefficient (Wildman–Crippen LogP) is 5.04. The smallest absolute Gasteiger partial charge is 0.460 e. The molecule has 0 aliphatic heterocycles. The molecule has 28 nitrogen and oxygen atoms in total. The highest BCUT2D eigenvalue weighted by molar-refractivity contribution is 6.60. The van der Waals surface area contributed by atoms with Gasteiger partial charge in [-0.3, -0.25) is 0 Å². The number of nitrogens with zero attached hydrogens (tertiary/aromatic N) is 3. The van der Waals surface area contributed by atoms with Crippen LogP contribution < -0.4 is 10.6 Å². The molecule has 0 aromatic heterocycles. The number of aliphatic imine (C=N–C) groups is 1. The molecule has 478 valence electrons. The van der Waals surface area contributed by atoms with Crippen molar-refractivity contribution >= 4 is 79.0 Å². The van der Waals surface area contributed by atoms with Crippen molar-refractivity contribution in [2.75, 3.05) is 119 Å². The van der Waals surface area contributed by atoms with E-state index < -0.39 is 72.9 Å². The van der Waals surface area contributed by atoms with Crippen LogP contribution >= 0.6 is 0 Å². The van der Waals surface area contributed by atoms with E-state index in [1.54, 1.807) is 6.92 Å². The summed E-state index contributed by atoms with van der Waals surface area (Å²) in [6.45, 7) is 42.5. The molecule has 0 atom stereocenters. The topological polar surface area (TPSA) is 345 Å². The Hall–Kier alpha value is -7.42. The van der Waals surface area contributed by atoms with Crippen LogP contribution in [-0.4, -0.2) is 213 Å². The third kappa shape index (κ3) is 50.3. The van der Waals surface area contributed by atoms with Gasteiger partial charge in [0.15, 0.2) is 0 Å². The number of hydrogen-bond acceptors (Lipinski definition) is 24. The molecule has 3 N–H and O–H groups in total. The van der Waals surface area contributed by atoms with Gasteiger partial charge in [-0.05, 0) is 75.7 Å². The number of esters is 5. The molecule has 0 aromatic rings. The van der Waals surface area contributed by atoms with Crippen molar-refractivity contribution in [2.24, 2.45) is 4.99 Å². The first-order chi connectivity index (χ1) is 39.7. The lowest BCUT2D eigenvalue weighted by Gasteiger charge is -2.28. The van der Waals surface area contributed by atoms with E-state index in [1.807, 2.05) is 34.6 Å². The van der Waals surface area contributed by atoms with Gasteiger partial charge >= 0.3 is 72.9 Å². The molecule has 0 aliphatic carbocycles. The van der Waals surface area contributed by atoms with E-state index in [2.05, 4.69) is 66.4 Å². The van der Waals surface area contributed by atoms with Gasteiger partial charge in [0.25, 0.3) is 0 Å². The summed E-state index contributed by atoms with van der Waals surface area (Å²) in [5.74, 6) is -2.95. The van der Waals surface area contributed by atoms with Crippen LogP contribution in [0.1, 0.15) is 75.7 Å². The molecule has 0 radical (unpaired) electrons. The number of ether oxygens (including phenoxy) is 7. The summed E-state index contributed by atoms with van der Waals surface area (Å²) in [6.07, 6.45) is 2.61. The molecule has 0 heterocycles. The van der Waals surface area contributed by atoms with Crippen LogP contribution in [0.15, 0.2) is 91.1 Å². The van der Waals surface area contributed by atoms with Gasteiger partial charge in [-0.1, -0.05) is 51.6 Å². The minimum atomic E-state index is -2.90. The van der Waals surface area contributed by atoms with Crippen molar-refractivity contribution in [1.29, 1.82) is 0 Å². The van der Waals surface area contributed by atoms with Gasteiger partial charge in [-0.15, -0.1) is 6.58 Å². The Labute approximate surface area is 497 Å². The maximum atomic E-state index is 12.6. The van der Waals surface area contributed by atoms with Crippen molar-refractivity contribution in [1.82, 2.24) is 20.4 Å². The fourth-order valence-electron chi connectivity index (χ4n) is 4.61. The number of amides is 6. The van der Waals surface area contributed by atoms with Gasteiger partial charge < -0.3 is 71.0 Å². The molecule has 84 heavy (non-hydrogen) atoms. The summed E-state index contributed by atoms with van der Waals surface area (Å²) in [7, 11) is -3.49. The summed E-state index contributed by atoms with van der Waals surface area (Å²) < 4.78 is 61.5. The van der Waals surface area contributed by atoms with Crippen LogP contribution in [0.3, 0.4) is 0 Å². The third-order valence-corrected chi connectivity index (χ3v) is 12.8. The van der Waals surface area contributed by atoms with Crippen LogP contribution in [-0.2, 0) is 84.1 Å². The first-order valence-corrected chi connectivity index (χ1v) is 29.3. The highest BCUT2D eigenvalue weighted by atomic mass is 28.4. The maximum Gasteiger partial charge on any atom is 0.501 e. The lowest BCUT2D eigenvalue weighted by molar-refractivity contribution is -0.140. The van der Waals surface area contributed by atoms with E-state index in [-0.39, 0.29) is 108 Å². The van der Waals surface area contributed by atoms with Crippen molar-refractivity contribution in [3.63, 3.8) is 0 Å². The molecular weight excluding hydrogens is 1140 g/mol. The molecule has 6 amide bonds. The average molecular weight is 1230 g/mol. The van der Waals surface area contributed by atoms with Gasteiger partial charge in [-0.2, -0.15) is 0 Å². The Balaban J connectivity index is -0.000000372. The first-order valence-electron chi connectivity index (χ1n) is 26.3. The molecule has 0 aliphatic rings. The van der Waals surface area contributed by atoms with Gasteiger partial charge in [0, 0.05) is 66.9 Å². The van der Waals surface area contributed by atoms with E-state index in [9.17, 15) is 47.9 Å². The normalized spacial score (nSPS) is 9.70. The van der Waals surface area contributed by atoms with E-state index in [4.69, 9.17) is 55.7 Å². The van der Waals surface area contributed by atoms with Gasteiger partial charge in [0.2, 0.25) is 6.08 Å². The highest BCUT2D eigenvalue weighted by Gasteiger charge is 2.40. The lowest BCUT2D eigenvalue weighted by atomic mass is 10.4. The zero-order chi connectivity index (χ0) is 65.3. The third-order valence-electron chi connectivity index (χ3n) is 8.47. The largest absolute Gasteiger partial charge is 0.501 e. The van der Waals surface area contributed by atoms with Crippen molar-refractivity contribution in [3.8, 4) is 0 Å². The van der Waals surface area contributed by atoms with Gasteiger partial charge in [0.05, 0.1) is 45.9 Å². The van der Waals surface area contributed by atoms with Crippen LogP contribution in [0, 0.1) is 0 Å². The van der Waals surface area contributed by atoms with Crippen molar-refractivity contribution in [3.05, 3.63) is 86.1 Å². The second-order valence-electron chi connectivity index (χ2n) is 16.0. The Morgan fingerprint density at radius 2 is 0.869 bits per heavy atom. The standard InChI is InChI=1S/C23H40N2O10Si.C17H24N2O7.C7H9NO3.C4H12O2Si.C3H6O/c1-8-33-36(34-9-2,35-10-3)17-11-14-32-23(29)25(13-16-31-21(27)19(6)7)22(28)24-12-15-30-20(26)18(4)5;1-6-9-26-17(23)19(8-11-25-15(21)13(4)5)16(22)18-7-10-24-14(20)12(2)3;1-6(2)7(10)11-4-3-8-5-9;1-3-5-7-6-4-2;1-2-3-4/h4,6,8-17H2,1-3,5,7H3,(H,24,28);6H,1-2,4,7-11H2,3,5H3,(H,18,22);1,3-4H2,2H3;3-4,7H2,1-2H3;2,4H,1,3H2. The Morgan fingerprint density at radius 1 is 0.524 bits per heavy atom. The number of carbonyl (C=O) groups excluding carboxylic acids is 10. The summed E-state index contributed by atoms with van der Waals surface area (Å²) in [6, 6.07) is -1.18. The molecule has 0 aromatic carbocycles. The Kier molecular flexibility index (Phi) is 58.3. The van der Waals surface area contributed by atoms with E-state index in [0.717, 1.165) is 23.0 Å². The summed E-state index contributed by atoms with van der Waals surface area (Å²) in [4.78, 5) is 120. The number of rotatable bonds is 37. The summed E-state index contributed by atoms with van der Waals surface area (Å²) in [5.41, 5.74) is 1.15. The van der Waals surface area contributed by atoms with Crippen LogP contribution in [0.5, 0.6) is 0 Å². The number of imide groups is 2. The molecule has 0 saturated carbocycles. The number of aliphatic hydroxyl groups excluding tert-OH is 1. The maximum absolute atomic E-state index is 12.6. The minimum Gasteiger partial charge on any atom is -0.460 e. The number of urea groups is 2. The van der Waals surface area contributed by atoms with Crippen LogP contribution in [0.2, 0.25) is 6.04 Å². The quantitative estimate of drug-likeness (QED) is 0.0107. The van der Waals surface area contributed by atoms with E-state index in [1.165, 1.54) is 45.9 Å². The Bertz CT molecular complexity index is 2100. The Morgan fingerprint density at radius 3 is 1.18 bits per heavy atom. The molecule has 0 unspecified atom stereocenters. The molecule has 0 spiro atoms. The fourth-order valence-corrected chi connectivity index (χ4v) is 7.64. The lowest BCUT2D eigenvalue weighted by Crippen LogP contribution is -2.47. The minimum absolute atomic E-state index is 0.0215. The number of isocyanates is 1. The highest BCUT2D eigenvalue weighted by Crippen LogP contribution is 2.18. The second kappa shape index (κ2) is 57.4. The average Bonchev–Trinajstić information content (AvgIpc) is 3.45. The number of nitrogens with one attached hydrogen (secondary N) is 2. The molecule has 0 saturated heterocycles. The zero-order valence-corrected chi connectivity index (χ0v) is 53.1. The number of aliphatic hydroxyl groups is 1. The van der Waals surface area contributed by atoms with E-state index in [0.29, 0.717) is 37.9 Å². The van der Waals surface area contributed by atoms with Gasteiger partial charge in [0.1, 0.15) is 39.6 Å². The van der Waals surface area contributed by atoms with Gasteiger partial charge in [-0.25, -0.2) is 62.7 Å².